The van der Waals surface area contributed by atoms with Crippen molar-refractivity contribution in [2.75, 3.05) is 44.2 Å². The number of fused-ring (bicyclic) bond motifs is 1. The second kappa shape index (κ2) is 7.89. The van der Waals surface area contributed by atoms with Crippen molar-refractivity contribution in [1.82, 2.24) is 14.5 Å². The van der Waals surface area contributed by atoms with Crippen LogP contribution in [-0.2, 0) is 6.54 Å². The number of para-hydroxylation sites is 1. The van der Waals surface area contributed by atoms with Crippen molar-refractivity contribution in [3.05, 3.63) is 58.6 Å². The Labute approximate surface area is 164 Å². The van der Waals surface area contributed by atoms with Crippen LogP contribution in [0.2, 0.25) is 5.02 Å². The van der Waals surface area contributed by atoms with Crippen LogP contribution in [0.3, 0.4) is 0 Å². The molecule has 0 aliphatic carbocycles. The summed E-state index contributed by atoms with van der Waals surface area (Å²) in [6.07, 6.45) is 0. The van der Waals surface area contributed by atoms with Crippen molar-refractivity contribution in [3.63, 3.8) is 0 Å². The normalized spacial score (nSPS) is 15.6. The first-order valence-electron chi connectivity index (χ1n) is 9.44. The van der Waals surface area contributed by atoms with E-state index in [0.717, 1.165) is 61.3 Å². The molecule has 142 valence electrons. The van der Waals surface area contributed by atoms with Crippen LogP contribution in [0.1, 0.15) is 11.1 Å². The molecule has 0 unspecified atom stereocenters. The van der Waals surface area contributed by atoms with Gasteiger partial charge in [0.05, 0.1) is 24.2 Å². The van der Waals surface area contributed by atoms with Gasteiger partial charge in [0.2, 0.25) is 5.95 Å². The van der Waals surface area contributed by atoms with E-state index in [1.807, 2.05) is 12.1 Å². The van der Waals surface area contributed by atoms with E-state index in [2.05, 4.69) is 51.6 Å². The van der Waals surface area contributed by atoms with E-state index in [4.69, 9.17) is 16.6 Å². The number of benzene rings is 2. The summed E-state index contributed by atoms with van der Waals surface area (Å²) in [6.45, 7) is 7.58. The molecular formula is C21H25ClN4O. The molecule has 1 fully saturated rings. The molecule has 5 nitrogen and oxygen atoms in total. The van der Waals surface area contributed by atoms with Crippen LogP contribution < -0.4 is 4.90 Å². The smallest absolute Gasteiger partial charge is 0.206 e. The average Bonchev–Trinajstić information content (AvgIpc) is 3.04. The molecule has 0 bridgehead atoms. The molecule has 1 aliphatic rings. The molecule has 1 saturated heterocycles. The van der Waals surface area contributed by atoms with E-state index in [-0.39, 0.29) is 6.61 Å². The highest BCUT2D eigenvalue weighted by atomic mass is 35.5. The first-order valence-corrected chi connectivity index (χ1v) is 9.82. The molecule has 0 atom stereocenters. The molecule has 2 aromatic carbocycles. The zero-order valence-corrected chi connectivity index (χ0v) is 16.4. The van der Waals surface area contributed by atoms with Gasteiger partial charge >= 0.3 is 0 Å². The Morgan fingerprint density at radius 2 is 1.78 bits per heavy atom. The van der Waals surface area contributed by atoms with E-state index in [1.165, 1.54) is 11.1 Å². The summed E-state index contributed by atoms with van der Waals surface area (Å²) in [6, 6.07) is 14.4. The number of aliphatic hydroxyl groups excluding tert-OH is 1. The van der Waals surface area contributed by atoms with Gasteiger partial charge in [-0.1, -0.05) is 35.9 Å². The minimum Gasteiger partial charge on any atom is -0.395 e. The number of hydrogen-bond acceptors (Lipinski definition) is 4. The van der Waals surface area contributed by atoms with Gasteiger partial charge < -0.3 is 14.6 Å². The minimum atomic E-state index is 0.217. The molecular weight excluding hydrogens is 360 g/mol. The molecule has 4 rings (SSSR count). The Bertz CT molecular complexity index is 914. The number of imidazole rings is 1. The molecule has 1 N–H and O–H groups in total. The number of nitrogens with zero attached hydrogens (tertiary/aromatic N) is 4. The van der Waals surface area contributed by atoms with Gasteiger partial charge in [0.25, 0.3) is 0 Å². The number of β-amino-alcohol motifs (C(OH)–C–C–N with tert-alkyl or cyclic N) is 1. The Morgan fingerprint density at radius 1 is 1.04 bits per heavy atom. The molecule has 6 heteroatoms. The van der Waals surface area contributed by atoms with Gasteiger partial charge in [0, 0.05) is 37.7 Å². The first kappa shape index (κ1) is 18.3. The first-order chi connectivity index (χ1) is 13.2. The van der Waals surface area contributed by atoms with E-state index >= 15 is 0 Å². The molecule has 3 aromatic rings. The fourth-order valence-electron chi connectivity index (χ4n) is 3.76. The summed E-state index contributed by atoms with van der Waals surface area (Å²) < 4.78 is 2.31. The number of aliphatic hydroxyl groups is 1. The molecule has 0 saturated carbocycles. The highest BCUT2D eigenvalue weighted by molar-refractivity contribution is 6.30. The fourth-order valence-corrected chi connectivity index (χ4v) is 3.88. The Hall–Kier alpha value is -2.08. The van der Waals surface area contributed by atoms with Crippen LogP contribution in [-0.4, -0.2) is 58.9 Å². The van der Waals surface area contributed by atoms with Gasteiger partial charge in [0.1, 0.15) is 0 Å². The Kier molecular flexibility index (Phi) is 5.34. The summed E-state index contributed by atoms with van der Waals surface area (Å²) in [7, 11) is 0. The largest absolute Gasteiger partial charge is 0.395 e. The zero-order valence-electron chi connectivity index (χ0n) is 15.6. The van der Waals surface area contributed by atoms with Crippen LogP contribution in [0, 0.1) is 6.92 Å². The number of rotatable bonds is 5. The summed E-state index contributed by atoms with van der Waals surface area (Å²) >= 11 is 6.05. The van der Waals surface area contributed by atoms with Gasteiger partial charge in [-0.15, -0.1) is 0 Å². The van der Waals surface area contributed by atoms with Crippen LogP contribution >= 0.6 is 11.6 Å². The number of aromatic nitrogens is 2. The predicted molar refractivity (Wildman–Crippen MR) is 111 cm³/mol. The standard InChI is InChI=1S/C21H25ClN4O/c1-16-3-2-4-19-20(16)23-21(25-11-9-24(10-12-25)13-14-27)26(19)15-17-5-7-18(22)8-6-17/h2-8,27H,9-15H2,1H3. The number of hydrogen-bond donors (Lipinski definition) is 1. The quantitative estimate of drug-likeness (QED) is 0.734. The second-order valence-electron chi connectivity index (χ2n) is 7.12. The van der Waals surface area contributed by atoms with E-state index in [1.54, 1.807) is 0 Å². The third kappa shape index (κ3) is 3.81. The Morgan fingerprint density at radius 3 is 2.48 bits per heavy atom. The van der Waals surface area contributed by atoms with Gasteiger partial charge in [-0.25, -0.2) is 4.98 Å². The minimum absolute atomic E-state index is 0.217. The lowest BCUT2D eigenvalue weighted by atomic mass is 10.2. The van der Waals surface area contributed by atoms with Crippen LogP contribution in [0.15, 0.2) is 42.5 Å². The van der Waals surface area contributed by atoms with Gasteiger partial charge in [-0.3, -0.25) is 4.90 Å². The maximum atomic E-state index is 9.17. The monoisotopic (exact) mass is 384 g/mol. The van der Waals surface area contributed by atoms with Crippen molar-refractivity contribution >= 4 is 28.6 Å². The summed E-state index contributed by atoms with van der Waals surface area (Å²) in [5.41, 5.74) is 4.64. The highest BCUT2D eigenvalue weighted by Crippen LogP contribution is 2.27. The zero-order chi connectivity index (χ0) is 18.8. The van der Waals surface area contributed by atoms with Crippen molar-refractivity contribution in [2.24, 2.45) is 0 Å². The molecule has 1 aromatic heterocycles. The van der Waals surface area contributed by atoms with Gasteiger partial charge in [-0.2, -0.15) is 0 Å². The second-order valence-corrected chi connectivity index (χ2v) is 7.56. The van der Waals surface area contributed by atoms with Crippen molar-refractivity contribution in [2.45, 2.75) is 13.5 Å². The SMILES string of the molecule is Cc1cccc2c1nc(N1CCN(CCO)CC1)n2Cc1ccc(Cl)cc1. The Balaban J connectivity index is 1.69. The summed E-state index contributed by atoms with van der Waals surface area (Å²) in [5, 5.41) is 9.93. The van der Waals surface area contributed by atoms with Crippen molar-refractivity contribution in [3.8, 4) is 0 Å². The number of piperazine rings is 1. The summed E-state index contributed by atoms with van der Waals surface area (Å²) in [4.78, 5) is 9.68. The summed E-state index contributed by atoms with van der Waals surface area (Å²) in [5.74, 6) is 1.03. The highest BCUT2D eigenvalue weighted by Gasteiger charge is 2.22. The molecule has 0 radical (unpaired) electrons. The van der Waals surface area contributed by atoms with Gasteiger partial charge in [0.15, 0.2) is 0 Å². The molecule has 27 heavy (non-hydrogen) atoms. The number of halogens is 1. The third-order valence-electron chi connectivity index (χ3n) is 5.29. The van der Waals surface area contributed by atoms with Gasteiger partial charge in [-0.05, 0) is 36.2 Å². The third-order valence-corrected chi connectivity index (χ3v) is 5.54. The van der Waals surface area contributed by atoms with E-state index in [0.29, 0.717) is 0 Å². The predicted octanol–water partition coefficient (Wildman–Crippen LogP) is 3.16. The fraction of sp³-hybridized carbons (Fsp3) is 0.381. The van der Waals surface area contributed by atoms with Crippen molar-refractivity contribution in [1.29, 1.82) is 0 Å². The maximum Gasteiger partial charge on any atom is 0.206 e. The van der Waals surface area contributed by atoms with Crippen LogP contribution in [0.25, 0.3) is 11.0 Å². The van der Waals surface area contributed by atoms with E-state index in [9.17, 15) is 5.11 Å². The maximum absolute atomic E-state index is 9.17. The lowest BCUT2D eigenvalue weighted by Gasteiger charge is -2.35. The average molecular weight is 385 g/mol. The molecule has 1 aliphatic heterocycles. The number of aryl methyl sites for hydroxylation is 1. The lowest BCUT2D eigenvalue weighted by Crippen LogP contribution is -2.48. The van der Waals surface area contributed by atoms with E-state index < -0.39 is 0 Å². The van der Waals surface area contributed by atoms with Crippen LogP contribution in [0.4, 0.5) is 5.95 Å². The molecule has 2 heterocycles. The van der Waals surface area contributed by atoms with Crippen LogP contribution in [0.5, 0.6) is 0 Å². The molecule has 0 spiro atoms. The topological polar surface area (TPSA) is 44.5 Å². The lowest BCUT2D eigenvalue weighted by molar-refractivity contribution is 0.188. The number of anilines is 1. The van der Waals surface area contributed by atoms with Crippen molar-refractivity contribution < 1.29 is 5.11 Å². The molecule has 0 amide bonds.